The summed E-state index contributed by atoms with van der Waals surface area (Å²) < 4.78 is 6.17. The maximum atomic E-state index is 13.8. The summed E-state index contributed by atoms with van der Waals surface area (Å²) in [6.45, 7) is 2.12. The van der Waals surface area contributed by atoms with Crippen LogP contribution in [0.4, 0.5) is 5.69 Å². The van der Waals surface area contributed by atoms with Gasteiger partial charge in [-0.2, -0.15) is 0 Å². The maximum absolute atomic E-state index is 13.8. The van der Waals surface area contributed by atoms with E-state index >= 15 is 0 Å². The van der Waals surface area contributed by atoms with Crippen molar-refractivity contribution < 1.29 is 19.4 Å². The van der Waals surface area contributed by atoms with Gasteiger partial charge in [-0.25, -0.2) is 0 Å². The highest BCUT2D eigenvalue weighted by atomic mass is 16.5. The Bertz CT molecular complexity index is 940. The smallest absolute Gasteiger partial charge is 0.230 e. The Morgan fingerprint density at radius 1 is 1.25 bits per heavy atom. The van der Waals surface area contributed by atoms with Crippen molar-refractivity contribution >= 4 is 17.4 Å². The summed E-state index contributed by atoms with van der Waals surface area (Å²) in [4.78, 5) is 31.1. The zero-order valence-corrected chi connectivity index (χ0v) is 15.9. The third-order valence-corrected chi connectivity index (χ3v) is 7.80. The van der Waals surface area contributed by atoms with E-state index in [0.717, 1.165) is 18.7 Å². The molecule has 5 atom stereocenters. The monoisotopic (exact) mass is 380 g/mol. The van der Waals surface area contributed by atoms with Crippen LogP contribution in [0.3, 0.4) is 0 Å². The van der Waals surface area contributed by atoms with Gasteiger partial charge >= 0.3 is 0 Å². The number of ketones is 1. The SMILES string of the molecule is CN1CC[C@@]23C(=O)C[C@H]4C(=CCO[C@H]5CC(=O)N(c6c(O)cccc62)[C@@H]3[C@H]54)C1. The molecule has 6 nitrogen and oxygen atoms in total. The van der Waals surface area contributed by atoms with Gasteiger partial charge in [-0.15, -0.1) is 0 Å². The molecule has 5 heterocycles. The van der Waals surface area contributed by atoms with Crippen LogP contribution in [-0.2, 0) is 19.7 Å². The molecule has 0 unspecified atom stereocenters. The van der Waals surface area contributed by atoms with Crippen LogP contribution >= 0.6 is 0 Å². The van der Waals surface area contributed by atoms with E-state index < -0.39 is 5.41 Å². The quantitative estimate of drug-likeness (QED) is 0.693. The molecule has 1 aromatic carbocycles. The number of para-hydroxylation sites is 1. The normalized spacial score (nSPS) is 39.0. The minimum atomic E-state index is -0.749. The van der Waals surface area contributed by atoms with Crippen LogP contribution in [0.15, 0.2) is 29.8 Å². The number of aromatic hydroxyl groups is 1. The lowest BCUT2D eigenvalue weighted by Crippen LogP contribution is -2.66. The van der Waals surface area contributed by atoms with E-state index in [4.69, 9.17) is 4.74 Å². The number of anilines is 1. The van der Waals surface area contributed by atoms with E-state index in [9.17, 15) is 14.7 Å². The van der Waals surface area contributed by atoms with Crippen molar-refractivity contribution in [2.24, 2.45) is 11.8 Å². The second kappa shape index (κ2) is 5.45. The summed E-state index contributed by atoms with van der Waals surface area (Å²) in [5, 5.41) is 10.7. The first-order chi connectivity index (χ1) is 13.5. The topological polar surface area (TPSA) is 70.1 Å². The van der Waals surface area contributed by atoms with Gasteiger partial charge in [0.25, 0.3) is 0 Å². The lowest BCUT2D eigenvalue weighted by Gasteiger charge is -2.53. The number of rotatable bonds is 0. The number of hydrogen-bond donors (Lipinski definition) is 1. The minimum absolute atomic E-state index is 0.0413. The number of phenolic OH excluding ortho intramolecular Hbond substituents is 1. The number of carbonyl (C=O) groups excluding carboxylic acids is 2. The molecule has 146 valence electrons. The third-order valence-electron chi connectivity index (χ3n) is 7.80. The zero-order valence-electron chi connectivity index (χ0n) is 15.9. The Labute approximate surface area is 163 Å². The Hall–Kier alpha value is -2.18. The molecule has 5 aliphatic heterocycles. The Morgan fingerprint density at radius 3 is 2.96 bits per heavy atom. The molecular formula is C22H24N2O4. The summed E-state index contributed by atoms with van der Waals surface area (Å²) in [6.07, 6.45) is 3.44. The average molecular weight is 380 g/mol. The van der Waals surface area contributed by atoms with Crippen molar-refractivity contribution in [3.63, 3.8) is 0 Å². The number of fused-ring (bicyclic) bond motifs is 6. The van der Waals surface area contributed by atoms with Crippen LogP contribution in [0, 0.1) is 11.8 Å². The fourth-order valence-corrected chi connectivity index (χ4v) is 6.71. The van der Waals surface area contributed by atoms with Gasteiger partial charge in [-0.3, -0.25) is 9.59 Å². The van der Waals surface area contributed by atoms with E-state index in [1.54, 1.807) is 17.0 Å². The molecule has 1 amide bonds. The number of amides is 1. The van der Waals surface area contributed by atoms with Gasteiger partial charge in [0, 0.05) is 18.9 Å². The Balaban J connectivity index is 1.67. The van der Waals surface area contributed by atoms with E-state index in [0.29, 0.717) is 31.6 Å². The van der Waals surface area contributed by atoms with Gasteiger partial charge in [0.05, 0.1) is 36.3 Å². The molecule has 28 heavy (non-hydrogen) atoms. The standard InChI is InChI=1S/C22H24N2O4/c1-23-7-6-22-14-3-2-4-15(25)20(14)24-18(27)10-16-19(21(22)24)13(9-17(22)26)12(11-23)5-8-28-16/h2-5,13,16,19,21,25H,6-11H2,1H3/t13-,16-,19-,21+,22-/m0/s1. The van der Waals surface area contributed by atoms with Gasteiger partial charge in [-0.05, 0) is 37.6 Å². The van der Waals surface area contributed by atoms with Gasteiger partial charge < -0.3 is 19.6 Å². The first-order valence-electron chi connectivity index (χ1n) is 10.2. The van der Waals surface area contributed by atoms with Crippen LogP contribution in [0.2, 0.25) is 0 Å². The Morgan fingerprint density at radius 2 is 2.11 bits per heavy atom. The van der Waals surface area contributed by atoms with Crippen molar-refractivity contribution in [2.45, 2.75) is 36.8 Å². The van der Waals surface area contributed by atoms with Gasteiger partial charge in [-0.1, -0.05) is 23.8 Å². The summed E-state index contributed by atoms with van der Waals surface area (Å²) in [5.41, 5.74) is 1.91. The number of ether oxygens (including phenoxy) is 1. The molecule has 1 aromatic rings. The third kappa shape index (κ3) is 1.85. The molecule has 6 aliphatic rings. The molecule has 0 radical (unpaired) electrons. The van der Waals surface area contributed by atoms with E-state index in [1.807, 2.05) is 6.07 Å². The number of benzene rings is 1. The van der Waals surface area contributed by atoms with E-state index in [-0.39, 0.29) is 41.4 Å². The minimum Gasteiger partial charge on any atom is -0.506 e. The van der Waals surface area contributed by atoms with Crippen LogP contribution in [-0.4, -0.2) is 60.6 Å². The maximum Gasteiger partial charge on any atom is 0.230 e. The number of nitrogens with zero attached hydrogens (tertiary/aromatic N) is 2. The molecule has 1 aliphatic carbocycles. The van der Waals surface area contributed by atoms with Crippen molar-refractivity contribution in [3.05, 3.63) is 35.4 Å². The molecule has 1 spiro atoms. The average Bonchev–Trinajstić information content (AvgIpc) is 2.92. The fourth-order valence-electron chi connectivity index (χ4n) is 6.71. The van der Waals surface area contributed by atoms with Crippen molar-refractivity contribution in [3.8, 4) is 5.75 Å². The van der Waals surface area contributed by atoms with Gasteiger partial charge in [0.1, 0.15) is 11.5 Å². The van der Waals surface area contributed by atoms with E-state index in [1.165, 1.54) is 5.57 Å². The predicted molar refractivity (Wildman–Crippen MR) is 102 cm³/mol. The highest BCUT2D eigenvalue weighted by Gasteiger charge is 2.68. The summed E-state index contributed by atoms with van der Waals surface area (Å²) >= 11 is 0. The molecule has 3 saturated heterocycles. The van der Waals surface area contributed by atoms with Gasteiger partial charge in [0.15, 0.2) is 0 Å². The number of phenols is 1. The van der Waals surface area contributed by atoms with Gasteiger partial charge in [0.2, 0.25) is 5.91 Å². The number of hydrogen-bond acceptors (Lipinski definition) is 5. The second-order valence-corrected chi connectivity index (χ2v) is 9.01. The molecule has 1 N–H and O–H groups in total. The summed E-state index contributed by atoms with van der Waals surface area (Å²) in [7, 11) is 2.10. The first-order valence-corrected chi connectivity index (χ1v) is 10.2. The van der Waals surface area contributed by atoms with Crippen molar-refractivity contribution in [2.75, 3.05) is 31.6 Å². The summed E-state index contributed by atoms with van der Waals surface area (Å²) in [5.74, 6) is 0.455. The highest BCUT2D eigenvalue weighted by molar-refractivity contribution is 6.07. The second-order valence-electron chi connectivity index (χ2n) is 9.01. The van der Waals surface area contributed by atoms with Crippen molar-refractivity contribution in [1.29, 1.82) is 0 Å². The van der Waals surface area contributed by atoms with Crippen molar-refractivity contribution in [1.82, 2.24) is 4.90 Å². The number of carbonyl (C=O) groups is 2. The molecule has 0 aromatic heterocycles. The molecule has 7 rings (SSSR count). The predicted octanol–water partition coefficient (Wildman–Crippen LogP) is 1.61. The first kappa shape index (κ1) is 16.7. The molecule has 1 saturated carbocycles. The largest absolute Gasteiger partial charge is 0.506 e. The molecule has 4 fully saturated rings. The van der Waals surface area contributed by atoms with Crippen LogP contribution in [0.1, 0.15) is 24.8 Å². The summed E-state index contributed by atoms with van der Waals surface area (Å²) in [6, 6.07) is 5.10. The number of Topliss-reactive ketones (excluding diaryl/α,β-unsaturated/α-hetero) is 1. The van der Waals surface area contributed by atoms with Crippen LogP contribution in [0.25, 0.3) is 0 Å². The van der Waals surface area contributed by atoms with Crippen LogP contribution < -0.4 is 4.90 Å². The zero-order chi connectivity index (χ0) is 19.2. The van der Waals surface area contributed by atoms with Crippen LogP contribution in [0.5, 0.6) is 5.75 Å². The number of piperidine rings is 1. The lowest BCUT2D eigenvalue weighted by atomic mass is 9.55. The fraction of sp³-hybridized carbons (Fsp3) is 0.545. The molecule has 4 bridgehead atoms. The molecular weight excluding hydrogens is 356 g/mol. The Kier molecular flexibility index (Phi) is 3.26. The highest BCUT2D eigenvalue weighted by Crippen LogP contribution is 2.62. The lowest BCUT2D eigenvalue weighted by molar-refractivity contribution is -0.140. The molecule has 6 heteroatoms. The number of likely N-dealkylation sites (N-methyl/N-ethyl adjacent to an activating group) is 1. The van der Waals surface area contributed by atoms with E-state index in [2.05, 4.69) is 18.0 Å².